The molecular weight excluding hydrogens is 410 g/mol. The SMILES string of the molecule is CC(CCc1ccc(O[Si](C)(C)C(C)(C)C)c(OC(C)(C)C)c1)=N[S@](=O)C(C)(C)C. The van der Waals surface area contributed by atoms with Gasteiger partial charge in [-0.15, -0.1) is 0 Å². The van der Waals surface area contributed by atoms with Gasteiger partial charge in [0.2, 0.25) is 0 Å². The molecule has 30 heavy (non-hydrogen) atoms. The summed E-state index contributed by atoms with van der Waals surface area (Å²) in [5.41, 5.74) is 1.75. The molecule has 0 saturated heterocycles. The molecule has 0 aliphatic carbocycles. The highest BCUT2D eigenvalue weighted by atomic mass is 32.2. The van der Waals surface area contributed by atoms with Crippen LogP contribution in [0.4, 0.5) is 0 Å². The Bertz CT molecular complexity index is 781. The van der Waals surface area contributed by atoms with Crippen LogP contribution in [0.5, 0.6) is 11.5 Å². The summed E-state index contributed by atoms with van der Waals surface area (Å²) in [6, 6.07) is 6.23. The first-order valence-corrected chi connectivity index (χ1v) is 14.8. The van der Waals surface area contributed by atoms with Gasteiger partial charge in [0, 0.05) is 5.71 Å². The third kappa shape index (κ3) is 8.54. The van der Waals surface area contributed by atoms with Crippen molar-refractivity contribution >= 4 is 25.0 Å². The molecule has 1 rings (SSSR count). The minimum Gasteiger partial charge on any atom is -0.541 e. The molecule has 6 heteroatoms. The summed E-state index contributed by atoms with van der Waals surface area (Å²) < 4.78 is 29.1. The van der Waals surface area contributed by atoms with E-state index in [2.05, 4.69) is 71.2 Å². The van der Waals surface area contributed by atoms with Gasteiger partial charge in [-0.2, -0.15) is 4.40 Å². The van der Waals surface area contributed by atoms with E-state index in [-0.39, 0.29) is 15.4 Å². The summed E-state index contributed by atoms with van der Waals surface area (Å²) in [5, 5.41) is 0.112. The van der Waals surface area contributed by atoms with Crippen molar-refractivity contribution in [2.45, 2.75) is 111 Å². The zero-order chi connectivity index (χ0) is 23.5. The van der Waals surface area contributed by atoms with Gasteiger partial charge in [0.05, 0.1) is 4.75 Å². The standard InChI is InChI=1S/C24H43NO3SSi/c1-18(25-29(26)23(5,6)7)13-14-19-15-16-20(21(17-19)27-22(2,3)4)28-30(11,12)24(8,9)10/h15-17H,13-14H2,1-12H3/t29-/m1/s1. The van der Waals surface area contributed by atoms with Crippen LogP contribution in [0.25, 0.3) is 0 Å². The van der Waals surface area contributed by atoms with Gasteiger partial charge in [0.25, 0.3) is 8.32 Å². The fourth-order valence-electron chi connectivity index (χ4n) is 2.28. The quantitative estimate of drug-likeness (QED) is 0.326. The van der Waals surface area contributed by atoms with E-state index in [9.17, 15) is 4.21 Å². The number of ether oxygens (including phenoxy) is 1. The summed E-state index contributed by atoms with van der Waals surface area (Å²) in [6.45, 7) is 25.1. The third-order valence-electron chi connectivity index (χ3n) is 5.13. The Morgan fingerprint density at radius 2 is 1.57 bits per heavy atom. The van der Waals surface area contributed by atoms with Crippen LogP contribution >= 0.6 is 0 Å². The van der Waals surface area contributed by atoms with Crippen LogP contribution in [0.2, 0.25) is 18.1 Å². The van der Waals surface area contributed by atoms with Crippen molar-refractivity contribution in [3.63, 3.8) is 0 Å². The summed E-state index contributed by atoms with van der Waals surface area (Å²) >= 11 is 0. The highest BCUT2D eigenvalue weighted by molar-refractivity contribution is 7.85. The molecule has 0 aliphatic heterocycles. The first-order valence-electron chi connectivity index (χ1n) is 10.8. The van der Waals surface area contributed by atoms with Crippen molar-refractivity contribution in [1.29, 1.82) is 0 Å². The summed E-state index contributed by atoms with van der Waals surface area (Å²) in [5.74, 6) is 1.61. The zero-order valence-electron chi connectivity index (χ0n) is 21.2. The zero-order valence-corrected chi connectivity index (χ0v) is 23.0. The van der Waals surface area contributed by atoms with Gasteiger partial charge in [-0.1, -0.05) is 26.8 Å². The lowest BCUT2D eigenvalue weighted by Crippen LogP contribution is -2.44. The van der Waals surface area contributed by atoms with E-state index < -0.39 is 19.3 Å². The minimum atomic E-state index is -1.98. The van der Waals surface area contributed by atoms with Gasteiger partial charge in [-0.3, -0.25) is 0 Å². The number of rotatable bonds is 7. The second kappa shape index (κ2) is 9.56. The number of benzene rings is 1. The molecule has 172 valence electrons. The molecule has 0 radical (unpaired) electrons. The van der Waals surface area contributed by atoms with Crippen molar-refractivity contribution in [2.24, 2.45) is 4.40 Å². The van der Waals surface area contributed by atoms with Gasteiger partial charge in [0.1, 0.15) is 22.3 Å². The number of hydrogen-bond acceptors (Lipinski definition) is 3. The first kappa shape index (κ1) is 26.9. The van der Waals surface area contributed by atoms with E-state index in [1.54, 1.807) is 0 Å². The maximum absolute atomic E-state index is 12.2. The highest BCUT2D eigenvalue weighted by Crippen LogP contribution is 2.41. The Balaban J connectivity index is 3.10. The van der Waals surface area contributed by atoms with E-state index >= 15 is 0 Å². The van der Waals surface area contributed by atoms with Gasteiger partial charge in [0.15, 0.2) is 5.75 Å². The Labute approximate surface area is 188 Å². The maximum atomic E-state index is 12.2. The van der Waals surface area contributed by atoms with Crippen molar-refractivity contribution in [3.8, 4) is 11.5 Å². The molecule has 4 nitrogen and oxygen atoms in total. The predicted molar refractivity (Wildman–Crippen MR) is 134 cm³/mol. The lowest BCUT2D eigenvalue weighted by molar-refractivity contribution is 0.127. The largest absolute Gasteiger partial charge is 0.541 e. The Morgan fingerprint density at radius 3 is 2.03 bits per heavy atom. The average molecular weight is 454 g/mol. The molecule has 0 amide bonds. The van der Waals surface area contributed by atoms with Crippen LogP contribution in [0.1, 0.15) is 81.2 Å². The fraction of sp³-hybridized carbons (Fsp3) is 0.708. The van der Waals surface area contributed by atoms with Gasteiger partial charge >= 0.3 is 0 Å². The van der Waals surface area contributed by atoms with E-state index in [0.717, 1.165) is 35.6 Å². The maximum Gasteiger partial charge on any atom is 0.250 e. The fourth-order valence-corrected chi connectivity index (χ4v) is 3.95. The number of nitrogens with zero attached hydrogens (tertiary/aromatic N) is 1. The molecule has 0 aliphatic rings. The minimum absolute atomic E-state index is 0.112. The average Bonchev–Trinajstić information content (AvgIpc) is 2.51. The second-order valence-electron chi connectivity index (χ2n) is 11.5. The van der Waals surface area contributed by atoms with Crippen LogP contribution in [0.15, 0.2) is 22.6 Å². The monoisotopic (exact) mass is 453 g/mol. The number of aryl methyl sites for hydroxylation is 1. The van der Waals surface area contributed by atoms with E-state index in [1.165, 1.54) is 0 Å². The highest BCUT2D eigenvalue weighted by Gasteiger charge is 2.39. The molecule has 0 fully saturated rings. The smallest absolute Gasteiger partial charge is 0.250 e. The lowest BCUT2D eigenvalue weighted by Gasteiger charge is -2.37. The Kier molecular flexibility index (Phi) is 8.57. The van der Waals surface area contributed by atoms with E-state index in [4.69, 9.17) is 9.16 Å². The summed E-state index contributed by atoms with van der Waals surface area (Å²) in [4.78, 5) is 0. The molecule has 1 aromatic rings. The second-order valence-corrected chi connectivity index (χ2v) is 18.2. The van der Waals surface area contributed by atoms with Crippen LogP contribution < -0.4 is 9.16 Å². The third-order valence-corrected chi connectivity index (χ3v) is 11.0. The van der Waals surface area contributed by atoms with Crippen LogP contribution in [-0.2, 0) is 17.4 Å². The van der Waals surface area contributed by atoms with E-state index in [0.29, 0.717) is 0 Å². The Hall–Kier alpha value is -1.14. The molecule has 0 saturated carbocycles. The predicted octanol–water partition coefficient (Wildman–Crippen LogP) is 7.10. The molecule has 0 aromatic heterocycles. The van der Waals surface area contributed by atoms with Crippen LogP contribution in [-0.4, -0.2) is 28.6 Å². The molecule has 1 aromatic carbocycles. The molecule has 0 unspecified atom stereocenters. The topological polar surface area (TPSA) is 47.9 Å². The lowest BCUT2D eigenvalue weighted by atomic mass is 10.1. The molecular formula is C24H43NO3SSi. The molecule has 0 spiro atoms. The van der Waals surface area contributed by atoms with E-state index in [1.807, 2.05) is 33.8 Å². The summed E-state index contributed by atoms with van der Waals surface area (Å²) in [7, 11) is -3.19. The first-order chi connectivity index (χ1) is 13.3. The van der Waals surface area contributed by atoms with Gasteiger partial charge in [-0.25, -0.2) is 4.21 Å². The van der Waals surface area contributed by atoms with Crippen molar-refractivity contribution < 1.29 is 13.4 Å². The van der Waals surface area contributed by atoms with Crippen LogP contribution in [0, 0.1) is 0 Å². The van der Waals surface area contributed by atoms with Crippen molar-refractivity contribution in [1.82, 2.24) is 0 Å². The number of hydrogen-bond donors (Lipinski definition) is 0. The molecule has 0 N–H and O–H groups in total. The van der Waals surface area contributed by atoms with Crippen molar-refractivity contribution in [3.05, 3.63) is 23.8 Å². The summed E-state index contributed by atoms with van der Waals surface area (Å²) in [6.07, 6.45) is 1.58. The van der Waals surface area contributed by atoms with Crippen molar-refractivity contribution in [2.75, 3.05) is 0 Å². The van der Waals surface area contributed by atoms with Gasteiger partial charge in [-0.05, 0) is 97.1 Å². The normalized spacial score (nSPS) is 15.1. The molecule has 0 bridgehead atoms. The van der Waals surface area contributed by atoms with Gasteiger partial charge < -0.3 is 9.16 Å². The molecule has 1 atom stereocenters. The van der Waals surface area contributed by atoms with Crippen LogP contribution in [0.3, 0.4) is 0 Å². The molecule has 0 heterocycles. The Morgan fingerprint density at radius 1 is 1.00 bits per heavy atom.